The fourth-order valence-electron chi connectivity index (χ4n) is 1.83. The number of anilines is 1. The molecule has 0 spiro atoms. The van der Waals surface area contributed by atoms with Gasteiger partial charge in [-0.2, -0.15) is 5.10 Å². The summed E-state index contributed by atoms with van der Waals surface area (Å²) in [7, 11) is 0. The van der Waals surface area contributed by atoms with Crippen LogP contribution in [0.15, 0.2) is 36.7 Å². The number of rotatable bonds is 6. The van der Waals surface area contributed by atoms with E-state index in [-0.39, 0.29) is 5.91 Å². The zero-order valence-corrected chi connectivity index (χ0v) is 11.8. The normalized spacial score (nSPS) is 10.3. The summed E-state index contributed by atoms with van der Waals surface area (Å²) in [6, 6.07) is 7.36. The lowest BCUT2D eigenvalue weighted by Crippen LogP contribution is -2.14. The van der Waals surface area contributed by atoms with E-state index < -0.39 is 0 Å². The Hall–Kier alpha value is -2.30. The number of carbonyl (C=O) groups excluding carboxylic acids is 1. The third kappa shape index (κ3) is 4.12. The number of hydrogen-bond acceptors (Lipinski definition) is 3. The van der Waals surface area contributed by atoms with Crippen molar-refractivity contribution in [3.05, 3.63) is 42.2 Å². The number of nitrogens with zero attached hydrogens (tertiary/aromatic N) is 2. The third-order valence-electron chi connectivity index (χ3n) is 2.78. The molecule has 2 aromatic rings. The summed E-state index contributed by atoms with van der Waals surface area (Å²) in [4.78, 5) is 11.8. The fraction of sp³-hybridized carbons (Fsp3) is 0.333. The van der Waals surface area contributed by atoms with E-state index in [0.29, 0.717) is 19.6 Å². The maximum absolute atomic E-state index is 11.8. The topological polar surface area (TPSA) is 56.1 Å². The molecule has 2 rings (SSSR count). The minimum Gasteiger partial charge on any atom is -0.494 e. The predicted octanol–water partition coefficient (Wildman–Crippen LogP) is 2.62. The molecule has 20 heavy (non-hydrogen) atoms. The highest BCUT2D eigenvalue weighted by molar-refractivity contribution is 5.90. The van der Waals surface area contributed by atoms with E-state index >= 15 is 0 Å². The molecule has 106 valence electrons. The van der Waals surface area contributed by atoms with Gasteiger partial charge in [0.15, 0.2) is 0 Å². The predicted molar refractivity (Wildman–Crippen MR) is 77.8 cm³/mol. The molecule has 0 aliphatic carbocycles. The molecule has 1 aromatic heterocycles. The molecule has 1 amide bonds. The smallest absolute Gasteiger partial charge is 0.226 e. The van der Waals surface area contributed by atoms with Crippen LogP contribution in [0, 0.1) is 6.92 Å². The van der Waals surface area contributed by atoms with Crippen molar-refractivity contribution in [2.45, 2.75) is 26.8 Å². The minimum absolute atomic E-state index is 0.0256. The molecule has 0 unspecified atom stereocenters. The second-order valence-corrected chi connectivity index (χ2v) is 4.54. The Balaban J connectivity index is 1.81. The van der Waals surface area contributed by atoms with Crippen molar-refractivity contribution in [1.29, 1.82) is 0 Å². The van der Waals surface area contributed by atoms with Gasteiger partial charge in [-0.1, -0.05) is 0 Å². The molecule has 5 nitrogen and oxygen atoms in total. The first kappa shape index (κ1) is 14.1. The number of ether oxygens (including phenoxy) is 1. The number of carbonyl (C=O) groups is 1. The number of aromatic nitrogens is 2. The number of hydrogen-bond donors (Lipinski definition) is 1. The molecule has 0 saturated heterocycles. The van der Waals surface area contributed by atoms with Gasteiger partial charge in [-0.25, -0.2) is 0 Å². The van der Waals surface area contributed by atoms with Crippen molar-refractivity contribution >= 4 is 11.6 Å². The van der Waals surface area contributed by atoms with Crippen LogP contribution in [0.2, 0.25) is 0 Å². The van der Waals surface area contributed by atoms with Gasteiger partial charge in [-0.3, -0.25) is 9.48 Å². The number of nitrogens with one attached hydrogen (secondary N) is 1. The van der Waals surface area contributed by atoms with E-state index in [1.165, 1.54) is 0 Å². The summed E-state index contributed by atoms with van der Waals surface area (Å²) in [5, 5.41) is 7.00. The second kappa shape index (κ2) is 6.75. The van der Waals surface area contributed by atoms with Crippen LogP contribution in [-0.2, 0) is 11.3 Å². The van der Waals surface area contributed by atoms with E-state index in [4.69, 9.17) is 4.74 Å². The molecule has 0 aliphatic rings. The largest absolute Gasteiger partial charge is 0.494 e. The third-order valence-corrected chi connectivity index (χ3v) is 2.78. The first-order valence-electron chi connectivity index (χ1n) is 6.69. The zero-order valence-electron chi connectivity index (χ0n) is 11.8. The van der Waals surface area contributed by atoms with Gasteiger partial charge in [-0.15, -0.1) is 0 Å². The van der Waals surface area contributed by atoms with Crippen molar-refractivity contribution in [3.8, 4) is 5.75 Å². The molecular weight excluding hydrogens is 254 g/mol. The summed E-state index contributed by atoms with van der Waals surface area (Å²) in [5.41, 5.74) is 1.87. The first-order valence-corrected chi connectivity index (χ1v) is 6.69. The van der Waals surface area contributed by atoms with Crippen LogP contribution in [0.1, 0.15) is 18.9 Å². The Bertz CT molecular complexity index is 561. The fourth-order valence-corrected chi connectivity index (χ4v) is 1.83. The Labute approximate surface area is 118 Å². The van der Waals surface area contributed by atoms with Gasteiger partial charge in [0.2, 0.25) is 5.91 Å². The van der Waals surface area contributed by atoms with Crippen molar-refractivity contribution in [3.63, 3.8) is 0 Å². The maximum Gasteiger partial charge on any atom is 0.226 e. The van der Waals surface area contributed by atoms with E-state index in [2.05, 4.69) is 10.4 Å². The Morgan fingerprint density at radius 1 is 1.35 bits per heavy atom. The Morgan fingerprint density at radius 2 is 2.10 bits per heavy atom. The monoisotopic (exact) mass is 273 g/mol. The van der Waals surface area contributed by atoms with Crippen LogP contribution in [0.4, 0.5) is 5.69 Å². The number of aryl methyl sites for hydroxylation is 2. The summed E-state index contributed by atoms with van der Waals surface area (Å²) in [6.45, 7) is 5.13. The lowest BCUT2D eigenvalue weighted by atomic mass is 10.3. The molecule has 1 heterocycles. The summed E-state index contributed by atoms with van der Waals surface area (Å²) >= 11 is 0. The Kier molecular flexibility index (Phi) is 4.76. The maximum atomic E-state index is 11.8. The average molecular weight is 273 g/mol. The van der Waals surface area contributed by atoms with Crippen LogP contribution < -0.4 is 10.1 Å². The molecular formula is C15H19N3O2. The van der Waals surface area contributed by atoms with Crippen LogP contribution in [0.5, 0.6) is 5.75 Å². The van der Waals surface area contributed by atoms with Gasteiger partial charge >= 0.3 is 0 Å². The van der Waals surface area contributed by atoms with Crippen molar-refractivity contribution in [2.75, 3.05) is 11.9 Å². The summed E-state index contributed by atoms with van der Waals surface area (Å²) in [6.07, 6.45) is 4.10. The highest BCUT2D eigenvalue weighted by Crippen LogP contribution is 2.15. The van der Waals surface area contributed by atoms with Crippen LogP contribution in [-0.4, -0.2) is 22.3 Å². The van der Waals surface area contributed by atoms with Crippen molar-refractivity contribution in [2.24, 2.45) is 0 Å². The lowest BCUT2D eigenvalue weighted by Gasteiger charge is -2.07. The molecule has 5 heteroatoms. The molecule has 0 radical (unpaired) electrons. The zero-order chi connectivity index (χ0) is 14.4. The highest BCUT2D eigenvalue weighted by Gasteiger charge is 2.04. The highest BCUT2D eigenvalue weighted by atomic mass is 16.5. The van der Waals surface area contributed by atoms with Crippen LogP contribution >= 0.6 is 0 Å². The van der Waals surface area contributed by atoms with Gasteiger partial charge in [0.05, 0.1) is 12.8 Å². The molecule has 0 bridgehead atoms. The van der Waals surface area contributed by atoms with E-state index in [0.717, 1.165) is 17.0 Å². The molecule has 0 saturated carbocycles. The van der Waals surface area contributed by atoms with Gasteiger partial charge in [-0.05, 0) is 43.7 Å². The van der Waals surface area contributed by atoms with Gasteiger partial charge in [0.25, 0.3) is 0 Å². The second-order valence-electron chi connectivity index (χ2n) is 4.54. The first-order chi connectivity index (χ1) is 9.67. The standard InChI is InChI=1S/C15H19N3O2/c1-3-20-14-6-4-13(5-7-14)17-15(19)8-9-18-11-12(2)10-16-18/h4-7,10-11H,3,8-9H2,1-2H3,(H,17,19). The molecule has 1 aromatic carbocycles. The van der Waals surface area contributed by atoms with E-state index in [1.54, 1.807) is 10.9 Å². The summed E-state index contributed by atoms with van der Waals surface area (Å²) < 4.78 is 7.12. The average Bonchev–Trinajstić information content (AvgIpc) is 2.85. The molecule has 0 atom stereocenters. The van der Waals surface area contributed by atoms with E-state index in [9.17, 15) is 4.79 Å². The number of amides is 1. The van der Waals surface area contributed by atoms with Gasteiger partial charge < -0.3 is 10.1 Å². The van der Waals surface area contributed by atoms with Crippen LogP contribution in [0.3, 0.4) is 0 Å². The number of benzene rings is 1. The van der Waals surface area contributed by atoms with Gasteiger partial charge in [0, 0.05) is 24.8 Å². The summed E-state index contributed by atoms with van der Waals surface area (Å²) in [5.74, 6) is 0.778. The minimum atomic E-state index is -0.0256. The molecule has 1 N–H and O–H groups in total. The molecule has 0 aliphatic heterocycles. The van der Waals surface area contributed by atoms with Crippen LogP contribution in [0.25, 0.3) is 0 Å². The van der Waals surface area contributed by atoms with Crippen molar-refractivity contribution < 1.29 is 9.53 Å². The lowest BCUT2D eigenvalue weighted by molar-refractivity contribution is -0.116. The molecule has 0 fully saturated rings. The van der Waals surface area contributed by atoms with E-state index in [1.807, 2.05) is 44.3 Å². The van der Waals surface area contributed by atoms with Gasteiger partial charge in [0.1, 0.15) is 5.75 Å². The quantitative estimate of drug-likeness (QED) is 0.880. The Morgan fingerprint density at radius 3 is 2.70 bits per heavy atom. The van der Waals surface area contributed by atoms with Crippen molar-refractivity contribution in [1.82, 2.24) is 9.78 Å². The SMILES string of the molecule is CCOc1ccc(NC(=O)CCn2cc(C)cn2)cc1.